The molecule has 0 saturated heterocycles. The molecule has 0 aromatic heterocycles. The normalized spacial score (nSPS) is 16.2. The maximum Gasteiger partial charge on any atom is 0.193 e. The number of nitrogens with zero attached hydrogens (tertiary/aromatic N) is 1. The van der Waals surface area contributed by atoms with Crippen molar-refractivity contribution in [2.24, 2.45) is 10.7 Å². The van der Waals surface area contributed by atoms with Gasteiger partial charge in [0.05, 0.1) is 12.1 Å². The highest BCUT2D eigenvalue weighted by Gasteiger charge is 2.21. The van der Waals surface area contributed by atoms with Crippen molar-refractivity contribution in [2.45, 2.75) is 18.8 Å². The van der Waals surface area contributed by atoms with Crippen molar-refractivity contribution >= 4 is 47.2 Å². The number of guanidine groups is 1. The number of anilines is 1. The second-order valence-electron chi connectivity index (χ2n) is 5.63. The average Bonchev–Trinajstić information content (AvgIpc) is 2.96. The summed E-state index contributed by atoms with van der Waals surface area (Å²) in [5.74, 6) is 1.48. The summed E-state index contributed by atoms with van der Waals surface area (Å²) >= 11 is 6.10. The summed E-state index contributed by atoms with van der Waals surface area (Å²) in [5.41, 5.74) is 9.62. The lowest BCUT2D eigenvalue weighted by molar-refractivity contribution is 0.415. The molecule has 0 aliphatic heterocycles. The number of halogens is 2. The molecule has 128 valence electrons. The van der Waals surface area contributed by atoms with E-state index in [0.717, 1.165) is 18.5 Å². The molecular formula is C18H21ClIN3O. The third kappa shape index (κ3) is 4.33. The van der Waals surface area contributed by atoms with Crippen molar-refractivity contribution in [1.29, 1.82) is 0 Å². The van der Waals surface area contributed by atoms with E-state index < -0.39 is 0 Å². The van der Waals surface area contributed by atoms with Gasteiger partial charge in [-0.05, 0) is 42.2 Å². The molecule has 0 amide bonds. The average molecular weight is 458 g/mol. The number of hydrogen-bond acceptors (Lipinski definition) is 2. The molecule has 2 aromatic carbocycles. The predicted molar refractivity (Wildman–Crippen MR) is 111 cm³/mol. The second kappa shape index (κ2) is 8.58. The molecule has 1 unspecified atom stereocenters. The van der Waals surface area contributed by atoms with Crippen LogP contribution in [0.2, 0.25) is 5.02 Å². The Morgan fingerprint density at radius 2 is 2.12 bits per heavy atom. The van der Waals surface area contributed by atoms with Crippen LogP contribution in [0, 0.1) is 0 Å². The minimum atomic E-state index is 0. The summed E-state index contributed by atoms with van der Waals surface area (Å²) in [6.45, 7) is 0.694. The molecular weight excluding hydrogens is 437 g/mol. The van der Waals surface area contributed by atoms with Crippen LogP contribution < -0.4 is 15.8 Å². The fraction of sp³-hybridized carbons (Fsp3) is 0.278. The van der Waals surface area contributed by atoms with Gasteiger partial charge in [0.25, 0.3) is 0 Å². The lowest BCUT2D eigenvalue weighted by atomic mass is 10.0. The monoisotopic (exact) mass is 457 g/mol. The van der Waals surface area contributed by atoms with Gasteiger partial charge >= 0.3 is 0 Å². The number of fused-ring (bicyclic) bond motifs is 1. The van der Waals surface area contributed by atoms with E-state index in [1.54, 1.807) is 19.2 Å². The van der Waals surface area contributed by atoms with E-state index in [1.807, 2.05) is 6.07 Å². The van der Waals surface area contributed by atoms with Gasteiger partial charge in [-0.25, -0.2) is 0 Å². The molecule has 1 aliphatic carbocycles. The number of ether oxygens (including phenoxy) is 1. The Hall–Kier alpha value is -1.47. The highest BCUT2D eigenvalue weighted by atomic mass is 127. The minimum Gasteiger partial charge on any atom is -0.495 e. The van der Waals surface area contributed by atoms with Crippen LogP contribution in [0.4, 0.5) is 5.69 Å². The minimum absolute atomic E-state index is 0. The van der Waals surface area contributed by atoms with E-state index in [1.165, 1.54) is 11.1 Å². The van der Waals surface area contributed by atoms with Crippen LogP contribution >= 0.6 is 35.6 Å². The molecule has 3 rings (SSSR count). The van der Waals surface area contributed by atoms with Gasteiger partial charge in [0.1, 0.15) is 5.75 Å². The third-order valence-electron chi connectivity index (χ3n) is 4.16. The van der Waals surface area contributed by atoms with Crippen molar-refractivity contribution in [3.63, 3.8) is 0 Å². The molecule has 1 aliphatic rings. The first-order valence-corrected chi connectivity index (χ1v) is 8.03. The quantitative estimate of drug-likeness (QED) is 0.406. The Morgan fingerprint density at radius 1 is 1.33 bits per heavy atom. The lowest BCUT2D eigenvalue weighted by Crippen LogP contribution is -2.23. The molecule has 3 N–H and O–H groups in total. The van der Waals surface area contributed by atoms with Crippen LogP contribution in [0.5, 0.6) is 5.75 Å². The van der Waals surface area contributed by atoms with Gasteiger partial charge in [-0.3, -0.25) is 4.99 Å². The zero-order chi connectivity index (χ0) is 16.2. The van der Waals surface area contributed by atoms with E-state index in [0.29, 0.717) is 29.2 Å². The molecule has 0 heterocycles. The van der Waals surface area contributed by atoms with Gasteiger partial charge in [-0.1, -0.05) is 35.9 Å². The smallest absolute Gasteiger partial charge is 0.193 e. The number of nitrogens with one attached hydrogen (secondary N) is 1. The number of methoxy groups -OCH3 is 1. The van der Waals surface area contributed by atoms with Crippen molar-refractivity contribution in [3.8, 4) is 5.75 Å². The standard InChI is InChI=1S/C18H20ClN3O.HI/c1-23-17-9-8-14(10-16(17)19)22-18(20)21-11-13-7-6-12-4-2-3-5-15(12)13;/h2-5,8-10,13H,6-7,11H2,1H3,(H3,20,21,22);1H. The Kier molecular flexibility index (Phi) is 6.74. The van der Waals surface area contributed by atoms with Crippen LogP contribution in [0.25, 0.3) is 0 Å². The summed E-state index contributed by atoms with van der Waals surface area (Å²) < 4.78 is 5.13. The van der Waals surface area contributed by atoms with Crippen molar-refractivity contribution < 1.29 is 4.74 Å². The highest BCUT2D eigenvalue weighted by molar-refractivity contribution is 14.0. The molecule has 24 heavy (non-hydrogen) atoms. The summed E-state index contributed by atoms with van der Waals surface area (Å²) in [4.78, 5) is 4.48. The fourth-order valence-electron chi connectivity index (χ4n) is 2.98. The van der Waals surface area contributed by atoms with Crippen molar-refractivity contribution in [1.82, 2.24) is 0 Å². The second-order valence-corrected chi connectivity index (χ2v) is 6.04. The summed E-state index contributed by atoms with van der Waals surface area (Å²) in [6.07, 6.45) is 2.25. The van der Waals surface area contributed by atoms with E-state index in [2.05, 4.69) is 34.6 Å². The first-order chi connectivity index (χ1) is 11.2. The molecule has 0 saturated carbocycles. The number of rotatable bonds is 4. The van der Waals surface area contributed by atoms with Crippen LogP contribution in [-0.2, 0) is 6.42 Å². The van der Waals surface area contributed by atoms with Crippen LogP contribution in [0.3, 0.4) is 0 Å². The van der Waals surface area contributed by atoms with Crippen molar-refractivity contribution in [3.05, 3.63) is 58.6 Å². The zero-order valence-corrected chi connectivity index (χ0v) is 16.5. The predicted octanol–water partition coefficient (Wildman–Crippen LogP) is 4.42. The van der Waals surface area contributed by atoms with Gasteiger partial charge in [-0.15, -0.1) is 24.0 Å². The summed E-state index contributed by atoms with van der Waals surface area (Å²) in [5, 5.41) is 3.61. The molecule has 4 nitrogen and oxygen atoms in total. The molecule has 0 spiro atoms. The van der Waals surface area contributed by atoms with Crippen LogP contribution in [0.15, 0.2) is 47.5 Å². The van der Waals surface area contributed by atoms with Crippen molar-refractivity contribution in [2.75, 3.05) is 19.0 Å². The van der Waals surface area contributed by atoms with Crippen LogP contribution in [-0.4, -0.2) is 19.6 Å². The fourth-order valence-corrected chi connectivity index (χ4v) is 3.23. The number of aryl methyl sites for hydroxylation is 1. The van der Waals surface area contributed by atoms with Gasteiger partial charge in [0.2, 0.25) is 0 Å². The lowest BCUT2D eigenvalue weighted by Gasteiger charge is -2.11. The molecule has 0 radical (unpaired) electrons. The first kappa shape index (κ1) is 18.9. The summed E-state index contributed by atoms with van der Waals surface area (Å²) in [6, 6.07) is 14.0. The molecule has 0 fully saturated rings. The SMILES string of the molecule is COc1ccc(NC(N)=NCC2CCc3ccccc32)cc1Cl.I. The number of hydrogen-bond donors (Lipinski definition) is 2. The summed E-state index contributed by atoms with van der Waals surface area (Å²) in [7, 11) is 1.59. The van der Waals surface area contributed by atoms with Gasteiger partial charge < -0.3 is 15.8 Å². The van der Waals surface area contributed by atoms with E-state index in [4.69, 9.17) is 22.1 Å². The Labute approximate surface area is 164 Å². The van der Waals surface area contributed by atoms with Gasteiger partial charge in [0.15, 0.2) is 5.96 Å². The Bertz CT molecular complexity index is 736. The number of nitrogens with two attached hydrogens (primary N) is 1. The Morgan fingerprint density at radius 3 is 2.88 bits per heavy atom. The highest BCUT2D eigenvalue weighted by Crippen LogP contribution is 2.33. The molecule has 2 aromatic rings. The maximum absolute atomic E-state index is 6.10. The molecule has 0 bridgehead atoms. The first-order valence-electron chi connectivity index (χ1n) is 7.65. The number of aliphatic imine (C=N–C) groups is 1. The largest absolute Gasteiger partial charge is 0.495 e. The van der Waals surface area contributed by atoms with Gasteiger partial charge in [-0.2, -0.15) is 0 Å². The van der Waals surface area contributed by atoms with E-state index in [9.17, 15) is 0 Å². The van der Waals surface area contributed by atoms with Crippen LogP contribution in [0.1, 0.15) is 23.5 Å². The third-order valence-corrected chi connectivity index (χ3v) is 4.46. The number of benzene rings is 2. The van der Waals surface area contributed by atoms with E-state index >= 15 is 0 Å². The van der Waals surface area contributed by atoms with E-state index in [-0.39, 0.29) is 24.0 Å². The zero-order valence-electron chi connectivity index (χ0n) is 13.5. The molecule has 1 atom stereocenters. The topological polar surface area (TPSA) is 59.6 Å². The Balaban J connectivity index is 0.00000208. The van der Waals surface area contributed by atoms with Gasteiger partial charge in [0, 0.05) is 18.2 Å². The molecule has 6 heteroatoms. The maximum atomic E-state index is 6.10.